The lowest BCUT2D eigenvalue weighted by Crippen LogP contribution is -2.49. The predicted molar refractivity (Wildman–Crippen MR) is 71.2 cm³/mol. The second kappa shape index (κ2) is 6.55. The third kappa shape index (κ3) is 3.58. The molecule has 1 aromatic carbocycles. The van der Waals surface area contributed by atoms with Crippen molar-refractivity contribution in [2.45, 2.75) is 19.1 Å². The lowest BCUT2D eigenvalue weighted by atomic mass is 10.2. The summed E-state index contributed by atoms with van der Waals surface area (Å²) in [5.74, 6) is 6.34. The van der Waals surface area contributed by atoms with E-state index in [1.807, 2.05) is 30.3 Å². The van der Waals surface area contributed by atoms with E-state index in [-0.39, 0.29) is 12.7 Å². The maximum atomic E-state index is 9.11. The average molecular weight is 245 g/mol. The first kappa shape index (κ1) is 13.1. The molecule has 2 atom stereocenters. The van der Waals surface area contributed by atoms with Crippen molar-refractivity contribution in [3.05, 3.63) is 35.9 Å². The minimum absolute atomic E-state index is 0.0697. The van der Waals surface area contributed by atoms with E-state index in [1.165, 1.54) is 0 Å². The van der Waals surface area contributed by atoms with Crippen molar-refractivity contribution in [2.75, 3.05) is 26.3 Å². The van der Waals surface area contributed by atoms with Crippen molar-refractivity contribution in [2.24, 2.45) is 0 Å². The largest absolute Gasteiger partial charge is 0.394 e. The summed E-state index contributed by atoms with van der Waals surface area (Å²) in [5.41, 5.74) is 1.04. The molecule has 0 aliphatic carbocycles. The molecule has 18 heavy (non-hydrogen) atoms. The van der Waals surface area contributed by atoms with Gasteiger partial charge in [0.25, 0.3) is 0 Å². The molecule has 1 fully saturated rings. The van der Waals surface area contributed by atoms with Gasteiger partial charge in [-0.3, -0.25) is 4.90 Å². The molecule has 0 amide bonds. The van der Waals surface area contributed by atoms with Gasteiger partial charge in [0.2, 0.25) is 0 Å². The second-order valence-electron chi connectivity index (χ2n) is 4.58. The summed E-state index contributed by atoms with van der Waals surface area (Å²) in [5, 5.41) is 9.11. The van der Waals surface area contributed by atoms with Crippen molar-refractivity contribution < 1.29 is 9.84 Å². The van der Waals surface area contributed by atoms with Crippen LogP contribution < -0.4 is 0 Å². The molecular weight excluding hydrogens is 226 g/mol. The minimum Gasteiger partial charge on any atom is -0.394 e. The number of aliphatic hydroxyl groups excluding tert-OH is 1. The zero-order chi connectivity index (χ0) is 12.8. The molecular formula is C15H19NO2. The van der Waals surface area contributed by atoms with Crippen molar-refractivity contribution >= 4 is 0 Å². The van der Waals surface area contributed by atoms with E-state index in [4.69, 9.17) is 9.84 Å². The van der Waals surface area contributed by atoms with Gasteiger partial charge in [-0.05, 0) is 19.1 Å². The monoisotopic (exact) mass is 245 g/mol. The van der Waals surface area contributed by atoms with Crippen molar-refractivity contribution in [3.8, 4) is 11.8 Å². The molecule has 1 aliphatic rings. The molecule has 2 rings (SSSR count). The van der Waals surface area contributed by atoms with Crippen LogP contribution in [0.2, 0.25) is 0 Å². The quantitative estimate of drug-likeness (QED) is 0.793. The second-order valence-corrected chi connectivity index (χ2v) is 4.58. The zero-order valence-corrected chi connectivity index (χ0v) is 10.7. The van der Waals surface area contributed by atoms with Crippen LogP contribution in [-0.4, -0.2) is 48.5 Å². The fourth-order valence-corrected chi connectivity index (χ4v) is 1.97. The Morgan fingerprint density at radius 1 is 1.39 bits per heavy atom. The van der Waals surface area contributed by atoms with Crippen LogP contribution in [0.3, 0.4) is 0 Å². The molecule has 1 aromatic rings. The van der Waals surface area contributed by atoms with Gasteiger partial charge in [0.15, 0.2) is 0 Å². The van der Waals surface area contributed by atoms with Crippen LogP contribution in [0.25, 0.3) is 0 Å². The lowest BCUT2D eigenvalue weighted by Gasteiger charge is -2.36. The molecule has 1 heterocycles. The van der Waals surface area contributed by atoms with E-state index >= 15 is 0 Å². The molecule has 2 unspecified atom stereocenters. The number of aliphatic hydroxyl groups is 1. The van der Waals surface area contributed by atoms with Gasteiger partial charge in [-0.1, -0.05) is 30.0 Å². The highest BCUT2D eigenvalue weighted by Crippen LogP contribution is 2.10. The standard InChI is InChI=1S/C15H19NO2/c1-13-12-18-15(11-17)10-16(13)9-5-8-14-6-3-2-4-7-14/h2-4,6-7,13,15,17H,9-12H2,1H3. The summed E-state index contributed by atoms with van der Waals surface area (Å²) in [6.07, 6.45) is -0.0697. The first-order valence-electron chi connectivity index (χ1n) is 6.30. The smallest absolute Gasteiger partial charge is 0.0933 e. The van der Waals surface area contributed by atoms with Crippen LogP contribution in [0.15, 0.2) is 30.3 Å². The number of rotatable bonds is 2. The Morgan fingerprint density at radius 2 is 2.17 bits per heavy atom. The maximum absolute atomic E-state index is 9.11. The molecule has 1 aliphatic heterocycles. The molecule has 0 saturated carbocycles. The number of benzene rings is 1. The number of hydrogen-bond donors (Lipinski definition) is 1. The molecule has 0 aromatic heterocycles. The number of nitrogens with zero attached hydrogens (tertiary/aromatic N) is 1. The van der Waals surface area contributed by atoms with Crippen LogP contribution in [0.1, 0.15) is 12.5 Å². The van der Waals surface area contributed by atoms with E-state index in [1.54, 1.807) is 0 Å². The topological polar surface area (TPSA) is 32.7 Å². The van der Waals surface area contributed by atoms with Crippen molar-refractivity contribution in [3.63, 3.8) is 0 Å². The average Bonchev–Trinajstić information content (AvgIpc) is 2.42. The van der Waals surface area contributed by atoms with Gasteiger partial charge in [-0.25, -0.2) is 0 Å². The summed E-state index contributed by atoms with van der Waals surface area (Å²) in [4.78, 5) is 2.25. The normalized spacial score (nSPS) is 24.3. The van der Waals surface area contributed by atoms with E-state index in [0.717, 1.165) is 18.7 Å². The van der Waals surface area contributed by atoms with Gasteiger partial charge in [-0.2, -0.15) is 0 Å². The fraction of sp³-hybridized carbons (Fsp3) is 0.467. The Kier molecular flexibility index (Phi) is 4.77. The van der Waals surface area contributed by atoms with Gasteiger partial charge in [0, 0.05) is 18.2 Å². The Balaban J connectivity index is 1.91. The van der Waals surface area contributed by atoms with E-state index < -0.39 is 0 Å². The molecule has 3 heteroatoms. The number of ether oxygens (including phenoxy) is 1. The van der Waals surface area contributed by atoms with Gasteiger partial charge in [0.05, 0.1) is 25.9 Å². The zero-order valence-electron chi connectivity index (χ0n) is 10.7. The molecule has 0 radical (unpaired) electrons. The summed E-state index contributed by atoms with van der Waals surface area (Å²) in [6, 6.07) is 10.3. The predicted octanol–water partition coefficient (Wildman–Crippen LogP) is 1.12. The Hall–Kier alpha value is -1.34. The Labute approximate surface area is 108 Å². The summed E-state index contributed by atoms with van der Waals surface area (Å²) < 4.78 is 5.49. The van der Waals surface area contributed by atoms with E-state index in [0.29, 0.717) is 12.6 Å². The van der Waals surface area contributed by atoms with Gasteiger partial charge >= 0.3 is 0 Å². The van der Waals surface area contributed by atoms with E-state index in [9.17, 15) is 0 Å². The van der Waals surface area contributed by atoms with Crippen molar-refractivity contribution in [1.82, 2.24) is 4.90 Å². The minimum atomic E-state index is -0.0697. The Morgan fingerprint density at radius 3 is 2.89 bits per heavy atom. The van der Waals surface area contributed by atoms with E-state index in [2.05, 4.69) is 23.7 Å². The Bertz CT molecular complexity index is 421. The highest BCUT2D eigenvalue weighted by Gasteiger charge is 2.24. The molecule has 1 saturated heterocycles. The molecule has 0 spiro atoms. The van der Waals surface area contributed by atoms with Gasteiger partial charge in [0.1, 0.15) is 0 Å². The first-order valence-corrected chi connectivity index (χ1v) is 6.30. The summed E-state index contributed by atoms with van der Waals surface area (Å²) >= 11 is 0. The van der Waals surface area contributed by atoms with Crippen molar-refractivity contribution in [1.29, 1.82) is 0 Å². The lowest BCUT2D eigenvalue weighted by molar-refractivity contribution is -0.0735. The first-order chi connectivity index (χ1) is 8.79. The molecule has 0 bridgehead atoms. The molecule has 96 valence electrons. The number of hydrogen-bond acceptors (Lipinski definition) is 3. The maximum Gasteiger partial charge on any atom is 0.0933 e. The van der Waals surface area contributed by atoms with Crippen LogP contribution >= 0.6 is 0 Å². The SMILES string of the molecule is CC1COC(CO)CN1CC#Cc1ccccc1. The fourth-order valence-electron chi connectivity index (χ4n) is 1.97. The number of morpholine rings is 1. The molecule has 3 nitrogen and oxygen atoms in total. The van der Waals surface area contributed by atoms with Gasteiger partial charge < -0.3 is 9.84 Å². The third-order valence-corrected chi connectivity index (χ3v) is 3.13. The van der Waals surface area contributed by atoms with Crippen LogP contribution in [-0.2, 0) is 4.74 Å². The highest BCUT2D eigenvalue weighted by atomic mass is 16.5. The highest BCUT2D eigenvalue weighted by molar-refractivity contribution is 5.33. The third-order valence-electron chi connectivity index (χ3n) is 3.13. The molecule has 1 N–H and O–H groups in total. The van der Waals surface area contributed by atoms with Gasteiger partial charge in [-0.15, -0.1) is 0 Å². The summed E-state index contributed by atoms with van der Waals surface area (Å²) in [7, 11) is 0. The summed E-state index contributed by atoms with van der Waals surface area (Å²) in [6.45, 7) is 4.34. The van der Waals surface area contributed by atoms with Crippen LogP contribution in [0.4, 0.5) is 0 Å². The van der Waals surface area contributed by atoms with Crippen LogP contribution in [0, 0.1) is 11.8 Å². The van der Waals surface area contributed by atoms with Crippen LogP contribution in [0.5, 0.6) is 0 Å².